The standard InChI is InChI=1S/C14H15ClN4OS/c1-3-8-19-9-16-18-14(19)21-10(2)13(20)17-12-7-5-4-6-11(12)15/h3-7,9-10H,1,8H2,2H3,(H,17,20)/t10-/m1/s1. The van der Waals surface area contributed by atoms with Crippen LogP contribution in [0.3, 0.4) is 0 Å². The van der Waals surface area contributed by atoms with Crippen molar-refractivity contribution in [1.29, 1.82) is 0 Å². The quantitative estimate of drug-likeness (QED) is 0.655. The van der Waals surface area contributed by atoms with Crippen LogP contribution in [0.25, 0.3) is 0 Å². The summed E-state index contributed by atoms with van der Waals surface area (Å²) in [6.45, 7) is 6.09. The SMILES string of the molecule is C=CCn1cnnc1S[C@H](C)C(=O)Nc1ccccc1Cl. The molecule has 0 saturated heterocycles. The van der Waals surface area contributed by atoms with Gasteiger partial charge in [-0.3, -0.25) is 4.79 Å². The van der Waals surface area contributed by atoms with E-state index in [4.69, 9.17) is 11.6 Å². The monoisotopic (exact) mass is 322 g/mol. The summed E-state index contributed by atoms with van der Waals surface area (Å²) in [5.41, 5.74) is 0.601. The number of benzene rings is 1. The number of aromatic nitrogens is 3. The molecule has 0 aliphatic rings. The van der Waals surface area contributed by atoms with Gasteiger partial charge in [0.1, 0.15) is 6.33 Å². The summed E-state index contributed by atoms with van der Waals surface area (Å²) in [5.74, 6) is -0.138. The fraction of sp³-hybridized carbons (Fsp3) is 0.214. The van der Waals surface area contributed by atoms with E-state index in [1.165, 1.54) is 11.8 Å². The van der Waals surface area contributed by atoms with Crippen molar-refractivity contribution in [3.05, 3.63) is 48.3 Å². The minimum absolute atomic E-state index is 0.138. The summed E-state index contributed by atoms with van der Waals surface area (Å²) in [6.07, 6.45) is 3.37. The number of allylic oxidation sites excluding steroid dienone is 1. The van der Waals surface area contributed by atoms with Crippen LogP contribution in [0.4, 0.5) is 5.69 Å². The molecular formula is C14H15ClN4OS. The number of carbonyl (C=O) groups excluding carboxylic acids is 1. The highest BCUT2D eigenvalue weighted by Gasteiger charge is 2.18. The number of thioether (sulfide) groups is 1. The minimum Gasteiger partial charge on any atom is -0.324 e. The second-order valence-electron chi connectivity index (χ2n) is 4.28. The molecule has 1 N–H and O–H groups in total. The number of carbonyl (C=O) groups is 1. The summed E-state index contributed by atoms with van der Waals surface area (Å²) in [5, 5.41) is 11.5. The number of amides is 1. The van der Waals surface area contributed by atoms with Crippen molar-refractivity contribution in [3.63, 3.8) is 0 Å². The Morgan fingerprint density at radius 1 is 1.57 bits per heavy atom. The van der Waals surface area contributed by atoms with Crippen molar-refractivity contribution >= 4 is 35.0 Å². The Labute approximate surface area is 132 Å². The Morgan fingerprint density at radius 2 is 2.33 bits per heavy atom. The molecule has 1 aromatic carbocycles. The van der Waals surface area contributed by atoms with Gasteiger partial charge in [-0.2, -0.15) is 0 Å². The number of anilines is 1. The number of rotatable bonds is 6. The van der Waals surface area contributed by atoms with Crippen LogP contribution in [0, 0.1) is 0 Å². The molecule has 7 heteroatoms. The zero-order valence-corrected chi connectivity index (χ0v) is 13.1. The van der Waals surface area contributed by atoms with Crippen LogP contribution >= 0.6 is 23.4 Å². The van der Waals surface area contributed by atoms with Gasteiger partial charge in [-0.1, -0.05) is 41.6 Å². The van der Waals surface area contributed by atoms with E-state index in [1.807, 2.05) is 23.6 Å². The van der Waals surface area contributed by atoms with E-state index in [0.717, 1.165) is 0 Å². The van der Waals surface area contributed by atoms with Gasteiger partial charge in [0.25, 0.3) is 0 Å². The molecular weight excluding hydrogens is 308 g/mol. The third-order valence-electron chi connectivity index (χ3n) is 2.69. The van der Waals surface area contributed by atoms with Crippen molar-refractivity contribution in [3.8, 4) is 0 Å². The van der Waals surface area contributed by atoms with Crippen molar-refractivity contribution in [1.82, 2.24) is 14.8 Å². The zero-order chi connectivity index (χ0) is 15.2. The predicted molar refractivity (Wildman–Crippen MR) is 85.6 cm³/mol. The average molecular weight is 323 g/mol. The molecule has 0 unspecified atom stereocenters. The van der Waals surface area contributed by atoms with E-state index in [2.05, 4.69) is 22.1 Å². The number of nitrogens with zero attached hydrogens (tertiary/aromatic N) is 3. The predicted octanol–water partition coefficient (Wildman–Crippen LogP) is 3.24. The van der Waals surface area contributed by atoms with Gasteiger partial charge in [-0.15, -0.1) is 16.8 Å². The average Bonchev–Trinajstić information content (AvgIpc) is 2.89. The number of para-hydroxylation sites is 1. The van der Waals surface area contributed by atoms with Gasteiger partial charge in [0.2, 0.25) is 5.91 Å². The zero-order valence-electron chi connectivity index (χ0n) is 11.5. The summed E-state index contributed by atoms with van der Waals surface area (Å²) in [7, 11) is 0. The van der Waals surface area contributed by atoms with Crippen molar-refractivity contribution < 1.29 is 4.79 Å². The molecule has 0 saturated carbocycles. The van der Waals surface area contributed by atoms with Crippen LogP contribution in [0.15, 0.2) is 48.4 Å². The summed E-state index contributed by atoms with van der Waals surface area (Å²) < 4.78 is 1.83. The maximum absolute atomic E-state index is 12.2. The Morgan fingerprint density at radius 3 is 3.05 bits per heavy atom. The van der Waals surface area contributed by atoms with Gasteiger partial charge in [0.15, 0.2) is 5.16 Å². The normalized spacial score (nSPS) is 11.9. The lowest BCUT2D eigenvalue weighted by molar-refractivity contribution is -0.115. The molecule has 2 rings (SSSR count). The lowest BCUT2D eigenvalue weighted by Gasteiger charge is -2.12. The van der Waals surface area contributed by atoms with Crippen LogP contribution in [-0.2, 0) is 11.3 Å². The molecule has 0 aliphatic heterocycles. The van der Waals surface area contributed by atoms with E-state index in [0.29, 0.717) is 22.4 Å². The third-order valence-corrected chi connectivity index (χ3v) is 4.11. The topological polar surface area (TPSA) is 59.8 Å². The molecule has 0 radical (unpaired) electrons. The first kappa shape index (κ1) is 15.6. The van der Waals surface area contributed by atoms with Crippen molar-refractivity contribution in [2.24, 2.45) is 0 Å². The third kappa shape index (κ3) is 4.09. The lowest BCUT2D eigenvalue weighted by atomic mass is 10.3. The van der Waals surface area contributed by atoms with Crippen LogP contribution in [-0.4, -0.2) is 25.9 Å². The minimum atomic E-state index is -0.325. The number of hydrogen-bond donors (Lipinski definition) is 1. The van der Waals surface area contributed by atoms with Gasteiger partial charge < -0.3 is 9.88 Å². The van der Waals surface area contributed by atoms with Gasteiger partial charge >= 0.3 is 0 Å². The molecule has 0 aliphatic carbocycles. The summed E-state index contributed by atoms with van der Waals surface area (Å²) in [4.78, 5) is 12.2. The Hall–Kier alpha value is -1.79. The Balaban J connectivity index is 2.01. The highest BCUT2D eigenvalue weighted by Crippen LogP contribution is 2.24. The summed E-state index contributed by atoms with van der Waals surface area (Å²) >= 11 is 7.36. The van der Waals surface area contributed by atoms with E-state index >= 15 is 0 Å². The number of hydrogen-bond acceptors (Lipinski definition) is 4. The molecule has 0 spiro atoms. The first-order valence-corrected chi connectivity index (χ1v) is 7.58. The van der Waals surface area contributed by atoms with E-state index in [9.17, 15) is 4.79 Å². The second-order valence-corrected chi connectivity index (χ2v) is 6.00. The largest absolute Gasteiger partial charge is 0.324 e. The van der Waals surface area contributed by atoms with E-state index in [1.54, 1.807) is 24.5 Å². The molecule has 1 atom stereocenters. The smallest absolute Gasteiger partial charge is 0.237 e. The van der Waals surface area contributed by atoms with Crippen LogP contribution in [0.1, 0.15) is 6.92 Å². The van der Waals surface area contributed by atoms with Crippen LogP contribution in [0.5, 0.6) is 0 Å². The lowest BCUT2D eigenvalue weighted by Crippen LogP contribution is -2.23. The molecule has 1 heterocycles. The number of nitrogens with one attached hydrogen (secondary N) is 1. The maximum atomic E-state index is 12.2. The molecule has 21 heavy (non-hydrogen) atoms. The molecule has 0 fully saturated rings. The Bertz CT molecular complexity index is 643. The first-order chi connectivity index (χ1) is 10.1. The summed E-state index contributed by atoms with van der Waals surface area (Å²) in [6, 6.07) is 7.13. The molecule has 1 aromatic heterocycles. The molecule has 2 aromatic rings. The highest BCUT2D eigenvalue weighted by atomic mass is 35.5. The van der Waals surface area contributed by atoms with Crippen molar-refractivity contribution in [2.45, 2.75) is 23.9 Å². The van der Waals surface area contributed by atoms with Gasteiger partial charge in [-0.05, 0) is 19.1 Å². The Kier molecular flexibility index (Phi) is 5.41. The fourth-order valence-electron chi connectivity index (χ4n) is 1.61. The highest BCUT2D eigenvalue weighted by molar-refractivity contribution is 8.00. The second kappa shape index (κ2) is 7.28. The maximum Gasteiger partial charge on any atom is 0.237 e. The number of halogens is 1. The van der Waals surface area contributed by atoms with Gasteiger partial charge in [0.05, 0.1) is 16.0 Å². The van der Waals surface area contributed by atoms with Gasteiger partial charge in [-0.25, -0.2) is 0 Å². The molecule has 5 nitrogen and oxygen atoms in total. The van der Waals surface area contributed by atoms with Gasteiger partial charge in [0, 0.05) is 6.54 Å². The van der Waals surface area contributed by atoms with E-state index < -0.39 is 0 Å². The first-order valence-electron chi connectivity index (χ1n) is 6.32. The van der Waals surface area contributed by atoms with Crippen LogP contribution < -0.4 is 5.32 Å². The molecule has 110 valence electrons. The van der Waals surface area contributed by atoms with Crippen LogP contribution in [0.2, 0.25) is 5.02 Å². The molecule has 1 amide bonds. The fourth-order valence-corrected chi connectivity index (χ4v) is 2.63. The van der Waals surface area contributed by atoms with E-state index in [-0.39, 0.29) is 11.2 Å². The molecule has 0 bridgehead atoms. The van der Waals surface area contributed by atoms with Crippen molar-refractivity contribution in [2.75, 3.05) is 5.32 Å².